The smallest absolute Gasteiger partial charge is 0.169 e. The Kier molecular flexibility index (Phi) is 5.03. The second-order valence-corrected chi connectivity index (χ2v) is 5.69. The van der Waals surface area contributed by atoms with Crippen molar-refractivity contribution >= 4 is 31.9 Å². The van der Waals surface area contributed by atoms with Gasteiger partial charge in [0, 0.05) is 4.47 Å². The van der Waals surface area contributed by atoms with Gasteiger partial charge in [0.25, 0.3) is 0 Å². The lowest BCUT2D eigenvalue weighted by Crippen LogP contribution is -2.23. The predicted molar refractivity (Wildman–Crippen MR) is 80.7 cm³/mol. The molecule has 0 aliphatic rings. The largest absolute Gasteiger partial charge is 0.452 e. The fourth-order valence-corrected chi connectivity index (χ4v) is 2.68. The van der Waals surface area contributed by atoms with Crippen molar-refractivity contribution in [1.82, 2.24) is 5.32 Å². The second-order valence-electron chi connectivity index (χ2n) is 4.05. The Hall–Kier alpha value is -0.580. The van der Waals surface area contributed by atoms with E-state index in [1.54, 1.807) is 0 Å². The maximum atomic E-state index is 5.69. The highest BCUT2D eigenvalue weighted by molar-refractivity contribution is 9.10. The molecule has 0 fully saturated rings. The monoisotopic (exact) mass is 371 g/mol. The van der Waals surface area contributed by atoms with Gasteiger partial charge in [0.2, 0.25) is 0 Å². The SMILES string of the molecule is CCCNC(c1ccc(Br)o1)c1ccccc1Br. The summed E-state index contributed by atoms with van der Waals surface area (Å²) in [5.74, 6) is 0.919. The normalized spacial score (nSPS) is 12.6. The first-order chi connectivity index (χ1) is 8.72. The van der Waals surface area contributed by atoms with Gasteiger partial charge in [0.05, 0.1) is 6.04 Å². The van der Waals surface area contributed by atoms with Gasteiger partial charge in [0.15, 0.2) is 4.67 Å². The van der Waals surface area contributed by atoms with Crippen molar-refractivity contribution in [3.8, 4) is 0 Å². The molecule has 0 aliphatic carbocycles. The Labute approximate surface area is 124 Å². The molecule has 2 rings (SSSR count). The number of nitrogens with one attached hydrogen (secondary N) is 1. The predicted octanol–water partition coefficient (Wildman–Crippen LogP) is 4.89. The molecular formula is C14H15Br2NO. The lowest BCUT2D eigenvalue weighted by Gasteiger charge is -2.18. The van der Waals surface area contributed by atoms with Gasteiger partial charge in [-0.15, -0.1) is 0 Å². The van der Waals surface area contributed by atoms with Gasteiger partial charge in [-0.25, -0.2) is 0 Å². The van der Waals surface area contributed by atoms with Gasteiger partial charge in [0.1, 0.15) is 5.76 Å². The van der Waals surface area contributed by atoms with E-state index in [0.29, 0.717) is 0 Å². The number of benzene rings is 1. The molecule has 1 atom stereocenters. The van der Waals surface area contributed by atoms with Gasteiger partial charge in [-0.3, -0.25) is 0 Å². The molecule has 0 bridgehead atoms. The van der Waals surface area contributed by atoms with E-state index in [4.69, 9.17) is 4.42 Å². The van der Waals surface area contributed by atoms with Crippen LogP contribution in [0.5, 0.6) is 0 Å². The quantitative estimate of drug-likeness (QED) is 0.807. The third-order valence-electron chi connectivity index (χ3n) is 2.69. The van der Waals surface area contributed by atoms with Crippen molar-refractivity contribution in [2.45, 2.75) is 19.4 Å². The first-order valence-corrected chi connectivity index (χ1v) is 7.54. The summed E-state index contributed by atoms with van der Waals surface area (Å²) in [5.41, 5.74) is 1.19. The summed E-state index contributed by atoms with van der Waals surface area (Å²) in [5, 5.41) is 3.51. The Balaban J connectivity index is 2.33. The van der Waals surface area contributed by atoms with Crippen molar-refractivity contribution < 1.29 is 4.42 Å². The highest BCUT2D eigenvalue weighted by atomic mass is 79.9. The van der Waals surface area contributed by atoms with Crippen LogP contribution in [-0.2, 0) is 0 Å². The maximum absolute atomic E-state index is 5.69. The molecule has 96 valence electrons. The van der Waals surface area contributed by atoms with Crippen molar-refractivity contribution in [2.24, 2.45) is 0 Å². The third kappa shape index (κ3) is 3.25. The fourth-order valence-electron chi connectivity index (χ4n) is 1.85. The molecule has 1 unspecified atom stereocenters. The van der Waals surface area contributed by atoms with Crippen LogP contribution < -0.4 is 5.32 Å². The summed E-state index contributed by atoms with van der Waals surface area (Å²) < 4.78 is 7.53. The number of hydrogen-bond acceptors (Lipinski definition) is 2. The van der Waals surface area contributed by atoms with E-state index in [0.717, 1.165) is 27.9 Å². The van der Waals surface area contributed by atoms with Crippen LogP contribution in [0.2, 0.25) is 0 Å². The standard InChI is InChI=1S/C14H15Br2NO/c1-2-9-17-14(12-7-8-13(16)18-12)10-5-3-4-6-11(10)15/h3-8,14,17H,2,9H2,1H3. The Bertz CT molecular complexity index is 510. The van der Waals surface area contributed by atoms with E-state index in [1.165, 1.54) is 5.56 Å². The van der Waals surface area contributed by atoms with E-state index in [1.807, 2.05) is 30.3 Å². The lowest BCUT2D eigenvalue weighted by atomic mass is 10.0. The zero-order valence-corrected chi connectivity index (χ0v) is 13.3. The van der Waals surface area contributed by atoms with Crippen LogP contribution >= 0.6 is 31.9 Å². The summed E-state index contributed by atoms with van der Waals surface area (Å²) >= 11 is 6.95. The number of hydrogen-bond donors (Lipinski definition) is 1. The fraction of sp³-hybridized carbons (Fsp3) is 0.286. The molecule has 1 N–H and O–H groups in total. The Morgan fingerprint density at radius 2 is 1.94 bits per heavy atom. The minimum absolute atomic E-state index is 0.0758. The van der Waals surface area contributed by atoms with Gasteiger partial charge in [-0.05, 0) is 52.7 Å². The zero-order chi connectivity index (χ0) is 13.0. The molecule has 2 aromatic rings. The first kappa shape index (κ1) is 13.8. The van der Waals surface area contributed by atoms with E-state index < -0.39 is 0 Å². The van der Waals surface area contributed by atoms with E-state index >= 15 is 0 Å². The molecule has 0 amide bonds. The summed E-state index contributed by atoms with van der Waals surface area (Å²) in [6, 6.07) is 12.2. The van der Waals surface area contributed by atoms with Crippen molar-refractivity contribution in [3.63, 3.8) is 0 Å². The number of furan rings is 1. The van der Waals surface area contributed by atoms with Crippen LogP contribution in [0.25, 0.3) is 0 Å². The molecule has 0 saturated carbocycles. The van der Waals surface area contributed by atoms with E-state index in [2.05, 4.69) is 50.2 Å². The molecular weight excluding hydrogens is 358 g/mol. The molecule has 1 aromatic carbocycles. The first-order valence-electron chi connectivity index (χ1n) is 5.95. The minimum Gasteiger partial charge on any atom is -0.452 e. The van der Waals surface area contributed by atoms with Crippen LogP contribution in [0, 0.1) is 0 Å². The summed E-state index contributed by atoms with van der Waals surface area (Å²) in [7, 11) is 0. The summed E-state index contributed by atoms with van der Waals surface area (Å²) in [6.07, 6.45) is 1.09. The molecule has 0 radical (unpaired) electrons. The highest BCUT2D eigenvalue weighted by Gasteiger charge is 2.18. The number of halogens is 2. The zero-order valence-electron chi connectivity index (χ0n) is 10.1. The van der Waals surface area contributed by atoms with Crippen molar-refractivity contribution in [3.05, 3.63) is 56.9 Å². The van der Waals surface area contributed by atoms with E-state index in [9.17, 15) is 0 Å². The van der Waals surface area contributed by atoms with Crippen LogP contribution in [-0.4, -0.2) is 6.54 Å². The van der Waals surface area contributed by atoms with Crippen LogP contribution in [0.3, 0.4) is 0 Å². The highest BCUT2D eigenvalue weighted by Crippen LogP contribution is 2.30. The third-order valence-corrected chi connectivity index (χ3v) is 3.84. The minimum atomic E-state index is 0.0758. The lowest BCUT2D eigenvalue weighted by molar-refractivity contribution is 0.432. The molecule has 0 saturated heterocycles. The summed E-state index contributed by atoms with van der Waals surface area (Å²) in [6.45, 7) is 3.10. The molecule has 1 heterocycles. The van der Waals surface area contributed by atoms with Crippen LogP contribution in [0.4, 0.5) is 0 Å². The van der Waals surface area contributed by atoms with Gasteiger partial charge in [-0.2, -0.15) is 0 Å². The maximum Gasteiger partial charge on any atom is 0.169 e. The van der Waals surface area contributed by atoms with Crippen LogP contribution in [0.1, 0.15) is 30.7 Å². The van der Waals surface area contributed by atoms with Gasteiger partial charge >= 0.3 is 0 Å². The molecule has 2 nitrogen and oxygen atoms in total. The molecule has 18 heavy (non-hydrogen) atoms. The Morgan fingerprint density at radius 1 is 1.17 bits per heavy atom. The van der Waals surface area contributed by atoms with Crippen LogP contribution in [0.15, 0.2) is 50.0 Å². The molecule has 0 spiro atoms. The topological polar surface area (TPSA) is 25.2 Å². The Morgan fingerprint density at radius 3 is 2.56 bits per heavy atom. The second kappa shape index (κ2) is 6.55. The molecule has 4 heteroatoms. The van der Waals surface area contributed by atoms with Gasteiger partial charge in [-0.1, -0.05) is 41.1 Å². The van der Waals surface area contributed by atoms with Gasteiger partial charge < -0.3 is 9.73 Å². The number of rotatable bonds is 5. The average molecular weight is 373 g/mol. The molecule has 0 aliphatic heterocycles. The average Bonchev–Trinajstić information content (AvgIpc) is 2.78. The van der Waals surface area contributed by atoms with Crippen molar-refractivity contribution in [2.75, 3.05) is 6.54 Å². The molecule has 1 aromatic heterocycles. The summed E-state index contributed by atoms with van der Waals surface area (Å²) in [4.78, 5) is 0. The van der Waals surface area contributed by atoms with Crippen molar-refractivity contribution in [1.29, 1.82) is 0 Å². The van der Waals surface area contributed by atoms with E-state index in [-0.39, 0.29) is 6.04 Å².